The highest BCUT2D eigenvalue weighted by atomic mass is 16.3. The minimum Gasteiger partial charge on any atom is -0.464 e. The normalized spacial score (nSPS) is 17.8. The van der Waals surface area contributed by atoms with Gasteiger partial charge in [-0.05, 0) is 30.4 Å². The Morgan fingerprint density at radius 3 is 2.60 bits per heavy atom. The van der Waals surface area contributed by atoms with Crippen LogP contribution in [0.3, 0.4) is 0 Å². The molecule has 1 N–H and O–H groups in total. The third-order valence-electron chi connectivity index (χ3n) is 4.74. The largest absolute Gasteiger partial charge is 0.464 e. The van der Waals surface area contributed by atoms with E-state index in [-0.39, 0.29) is 29.8 Å². The van der Waals surface area contributed by atoms with Crippen LogP contribution in [0.2, 0.25) is 0 Å². The Kier molecular flexibility index (Phi) is 6.68. The number of rotatable bonds is 5. The molecule has 1 aromatic rings. The predicted octanol–water partition coefficient (Wildman–Crippen LogP) is 3.84. The van der Waals surface area contributed by atoms with E-state index in [2.05, 4.69) is 26.1 Å². The smallest absolute Gasteiger partial charge is 0.240 e. The Hall–Kier alpha value is -1.78. The molecule has 0 saturated carbocycles. The van der Waals surface area contributed by atoms with Gasteiger partial charge in [-0.25, -0.2) is 0 Å². The lowest BCUT2D eigenvalue weighted by Gasteiger charge is -2.31. The Labute approximate surface area is 151 Å². The molecule has 1 fully saturated rings. The van der Waals surface area contributed by atoms with Crippen LogP contribution in [0.25, 0.3) is 0 Å². The maximum atomic E-state index is 12.6. The van der Waals surface area contributed by atoms with Crippen LogP contribution >= 0.6 is 0 Å². The lowest BCUT2D eigenvalue weighted by Crippen LogP contribution is -2.44. The SMILES string of the molecule is CCc1ccc(C(NC(=O)CN2CCCCCCC2=O)C(C)(C)C)o1. The molecule has 1 saturated heterocycles. The first kappa shape index (κ1) is 19.5. The minimum atomic E-state index is -0.217. The van der Waals surface area contributed by atoms with Gasteiger partial charge in [-0.1, -0.05) is 40.5 Å². The Morgan fingerprint density at radius 1 is 1.24 bits per heavy atom. The summed E-state index contributed by atoms with van der Waals surface area (Å²) in [6.45, 7) is 9.08. The molecule has 140 valence electrons. The lowest BCUT2D eigenvalue weighted by atomic mass is 9.85. The van der Waals surface area contributed by atoms with Crippen molar-refractivity contribution in [2.45, 2.75) is 72.3 Å². The van der Waals surface area contributed by atoms with E-state index < -0.39 is 0 Å². The van der Waals surface area contributed by atoms with Crippen LogP contribution in [0, 0.1) is 5.41 Å². The fourth-order valence-corrected chi connectivity index (χ4v) is 3.22. The van der Waals surface area contributed by atoms with E-state index in [1.165, 1.54) is 0 Å². The van der Waals surface area contributed by atoms with E-state index in [0.29, 0.717) is 13.0 Å². The number of carbonyl (C=O) groups excluding carboxylic acids is 2. The van der Waals surface area contributed by atoms with Crippen molar-refractivity contribution < 1.29 is 14.0 Å². The van der Waals surface area contributed by atoms with Gasteiger partial charge < -0.3 is 14.6 Å². The Balaban J connectivity index is 2.04. The summed E-state index contributed by atoms with van der Waals surface area (Å²) in [6.07, 6.45) is 5.51. The summed E-state index contributed by atoms with van der Waals surface area (Å²) in [5, 5.41) is 3.09. The van der Waals surface area contributed by atoms with Gasteiger partial charge in [0.05, 0.1) is 12.6 Å². The second kappa shape index (κ2) is 8.54. The number of amides is 2. The summed E-state index contributed by atoms with van der Waals surface area (Å²) in [5.41, 5.74) is -0.182. The molecule has 2 heterocycles. The number of nitrogens with zero attached hydrogens (tertiary/aromatic N) is 1. The van der Waals surface area contributed by atoms with Crippen molar-refractivity contribution in [2.75, 3.05) is 13.1 Å². The molecule has 2 rings (SSSR count). The first-order valence-corrected chi connectivity index (χ1v) is 9.47. The van der Waals surface area contributed by atoms with E-state index >= 15 is 0 Å². The Bertz CT molecular complexity index is 586. The van der Waals surface area contributed by atoms with E-state index in [1.807, 2.05) is 19.1 Å². The van der Waals surface area contributed by atoms with Gasteiger partial charge in [-0.15, -0.1) is 0 Å². The molecule has 0 spiro atoms. The minimum absolute atomic E-state index is 0.0911. The molecule has 0 radical (unpaired) electrons. The highest BCUT2D eigenvalue weighted by molar-refractivity contribution is 5.85. The van der Waals surface area contributed by atoms with Crippen molar-refractivity contribution in [3.8, 4) is 0 Å². The molecule has 1 atom stereocenters. The van der Waals surface area contributed by atoms with Gasteiger partial charge in [-0.3, -0.25) is 9.59 Å². The molecule has 5 nitrogen and oxygen atoms in total. The molecule has 0 aliphatic carbocycles. The number of nitrogens with one attached hydrogen (secondary N) is 1. The topological polar surface area (TPSA) is 62.6 Å². The number of furan rings is 1. The van der Waals surface area contributed by atoms with Crippen molar-refractivity contribution in [2.24, 2.45) is 5.41 Å². The molecule has 1 aromatic heterocycles. The first-order chi connectivity index (χ1) is 11.8. The van der Waals surface area contributed by atoms with Crippen LogP contribution in [-0.4, -0.2) is 29.8 Å². The zero-order valence-corrected chi connectivity index (χ0v) is 16.1. The number of likely N-dealkylation sites (tertiary alicyclic amines) is 1. The van der Waals surface area contributed by atoms with Gasteiger partial charge in [0, 0.05) is 19.4 Å². The average molecular weight is 348 g/mol. The van der Waals surface area contributed by atoms with Gasteiger partial charge >= 0.3 is 0 Å². The maximum Gasteiger partial charge on any atom is 0.240 e. The van der Waals surface area contributed by atoms with Crippen molar-refractivity contribution in [1.29, 1.82) is 0 Å². The Morgan fingerprint density at radius 2 is 1.96 bits per heavy atom. The first-order valence-electron chi connectivity index (χ1n) is 9.47. The highest BCUT2D eigenvalue weighted by Gasteiger charge is 2.31. The van der Waals surface area contributed by atoms with Crippen LogP contribution < -0.4 is 5.32 Å². The average Bonchev–Trinajstić information content (AvgIpc) is 3.00. The molecular weight excluding hydrogens is 316 g/mol. The van der Waals surface area contributed by atoms with Crippen molar-refractivity contribution >= 4 is 11.8 Å². The van der Waals surface area contributed by atoms with Gasteiger partial charge in [0.15, 0.2) is 0 Å². The van der Waals surface area contributed by atoms with E-state index in [9.17, 15) is 9.59 Å². The van der Waals surface area contributed by atoms with Crippen LogP contribution in [0.1, 0.15) is 77.4 Å². The van der Waals surface area contributed by atoms with Gasteiger partial charge in [0.2, 0.25) is 11.8 Å². The van der Waals surface area contributed by atoms with Crippen LogP contribution in [-0.2, 0) is 16.0 Å². The number of aryl methyl sites for hydroxylation is 1. The molecule has 5 heteroatoms. The van der Waals surface area contributed by atoms with Crippen molar-refractivity contribution in [3.63, 3.8) is 0 Å². The summed E-state index contributed by atoms with van der Waals surface area (Å²) in [4.78, 5) is 26.5. The van der Waals surface area contributed by atoms with Crippen LogP contribution in [0.4, 0.5) is 0 Å². The monoisotopic (exact) mass is 348 g/mol. The summed E-state index contributed by atoms with van der Waals surface area (Å²) in [7, 11) is 0. The van der Waals surface area contributed by atoms with Crippen molar-refractivity contribution in [3.05, 3.63) is 23.7 Å². The third-order valence-corrected chi connectivity index (χ3v) is 4.74. The molecule has 1 aliphatic heterocycles. The molecule has 0 aromatic carbocycles. The summed E-state index contributed by atoms with van der Waals surface area (Å²) >= 11 is 0. The summed E-state index contributed by atoms with van der Waals surface area (Å²) < 4.78 is 5.87. The second-order valence-electron chi connectivity index (χ2n) is 8.00. The lowest BCUT2D eigenvalue weighted by molar-refractivity contribution is -0.137. The standard InChI is InChI=1S/C20H32N2O3/c1-5-15-11-12-16(25-15)19(20(2,3)4)21-17(23)14-22-13-9-7-6-8-10-18(22)24/h11-12,19H,5-10,13-14H2,1-4H3,(H,21,23). The second-order valence-corrected chi connectivity index (χ2v) is 8.00. The van der Waals surface area contributed by atoms with Gasteiger partial charge in [-0.2, -0.15) is 0 Å². The van der Waals surface area contributed by atoms with Crippen LogP contribution in [0.15, 0.2) is 16.5 Å². The molecule has 1 aliphatic rings. The van der Waals surface area contributed by atoms with Crippen LogP contribution in [0.5, 0.6) is 0 Å². The van der Waals surface area contributed by atoms with Gasteiger partial charge in [0.25, 0.3) is 0 Å². The fourth-order valence-electron chi connectivity index (χ4n) is 3.22. The number of hydrogen-bond acceptors (Lipinski definition) is 3. The molecule has 0 bridgehead atoms. The maximum absolute atomic E-state index is 12.6. The molecule has 1 unspecified atom stereocenters. The predicted molar refractivity (Wildman–Crippen MR) is 98.1 cm³/mol. The zero-order chi connectivity index (χ0) is 18.4. The molecular formula is C20H32N2O3. The summed E-state index contributed by atoms with van der Waals surface area (Å²) in [6, 6.07) is 3.68. The third kappa shape index (κ3) is 5.62. The molecule has 25 heavy (non-hydrogen) atoms. The van der Waals surface area contributed by atoms with Gasteiger partial charge in [0.1, 0.15) is 11.5 Å². The number of carbonyl (C=O) groups is 2. The summed E-state index contributed by atoms with van der Waals surface area (Å²) in [5.74, 6) is 1.66. The van der Waals surface area contributed by atoms with E-state index in [0.717, 1.165) is 43.6 Å². The van der Waals surface area contributed by atoms with E-state index in [1.54, 1.807) is 4.90 Å². The zero-order valence-electron chi connectivity index (χ0n) is 16.1. The fraction of sp³-hybridized carbons (Fsp3) is 0.700. The van der Waals surface area contributed by atoms with E-state index in [4.69, 9.17) is 4.42 Å². The highest BCUT2D eigenvalue weighted by Crippen LogP contribution is 2.33. The van der Waals surface area contributed by atoms with Crippen molar-refractivity contribution in [1.82, 2.24) is 10.2 Å². The quantitative estimate of drug-likeness (QED) is 0.879. The molecule has 2 amide bonds. The number of hydrogen-bond donors (Lipinski definition) is 1.